The van der Waals surface area contributed by atoms with Gasteiger partial charge in [0, 0.05) is 0 Å². The van der Waals surface area contributed by atoms with Crippen molar-refractivity contribution in [3.05, 3.63) is 35.4 Å². The number of hydrogen-bond donors (Lipinski definition) is 2. The molecule has 0 spiro atoms. The van der Waals surface area contributed by atoms with Gasteiger partial charge in [0.05, 0.1) is 6.42 Å². The fourth-order valence-corrected chi connectivity index (χ4v) is 1.74. The molecule has 0 fully saturated rings. The van der Waals surface area contributed by atoms with Gasteiger partial charge in [0.15, 0.2) is 0 Å². The molecule has 0 radical (unpaired) electrons. The Hall–Kier alpha value is -1.77. The molecule has 0 saturated heterocycles. The average molecular weight is 189 g/mol. The van der Waals surface area contributed by atoms with E-state index in [-0.39, 0.29) is 18.1 Å². The molecule has 1 aromatic carbocycles. The maximum atomic E-state index is 10.8. The maximum Gasteiger partial charge on any atom is 0.221 e. The Morgan fingerprint density at radius 1 is 1.50 bits per heavy atom. The summed E-state index contributed by atoms with van der Waals surface area (Å²) in [5, 5.41) is 9.30. The van der Waals surface area contributed by atoms with E-state index in [2.05, 4.69) is 0 Å². The van der Waals surface area contributed by atoms with Gasteiger partial charge in [0.25, 0.3) is 0 Å². The quantitative estimate of drug-likeness (QED) is 0.734. The van der Waals surface area contributed by atoms with E-state index in [1.807, 2.05) is 12.1 Å². The smallest absolute Gasteiger partial charge is 0.221 e. The molecule has 0 aliphatic heterocycles. The molecular formula is C11H11NO2. The molecule has 0 saturated carbocycles. The lowest BCUT2D eigenvalue weighted by molar-refractivity contribution is -0.117. The fourth-order valence-electron chi connectivity index (χ4n) is 1.74. The molecule has 1 amide bonds. The normalized spacial score (nSPS) is 13.6. The lowest BCUT2D eigenvalue weighted by Crippen LogP contribution is -2.10. The predicted molar refractivity (Wildman–Crippen MR) is 53.6 cm³/mol. The van der Waals surface area contributed by atoms with Crippen molar-refractivity contribution in [3.8, 4) is 5.75 Å². The van der Waals surface area contributed by atoms with Crippen LogP contribution in [-0.2, 0) is 11.2 Å². The third kappa shape index (κ3) is 1.48. The van der Waals surface area contributed by atoms with Gasteiger partial charge in [0.2, 0.25) is 5.91 Å². The van der Waals surface area contributed by atoms with Gasteiger partial charge in [-0.25, -0.2) is 0 Å². The first-order chi connectivity index (χ1) is 6.66. The van der Waals surface area contributed by atoms with Gasteiger partial charge in [-0.2, -0.15) is 0 Å². The Kier molecular flexibility index (Phi) is 2.00. The van der Waals surface area contributed by atoms with Gasteiger partial charge in [-0.3, -0.25) is 4.79 Å². The lowest BCUT2D eigenvalue weighted by Gasteiger charge is -2.04. The first-order valence-electron chi connectivity index (χ1n) is 4.46. The third-order valence-corrected chi connectivity index (χ3v) is 2.37. The van der Waals surface area contributed by atoms with Crippen LogP contribution in [0.2, 0.25) is 0 Å². The van der Waals surface area contributed by atoms with Gasteiger partial charge in [0.1, 0.15) is 5.75 Å². The largest absolute Gasteiger partial charge is 0.508 e. The van der Waals surface area contributed by atoms with Crippen molar-refractivity contribution in [2.75, 3.05) is 0 Å². The number of primary amides is 1. The number of hydrogen-bond acceptors (Lipinski definition) is 2. The number of nitrogens with two attached hydrogens (primary N) is 1. The topological polar surface area (TPSA) is 63.3 Å². The number of rotatable bonds is 2. The lowest BCUT2D eigenvalue weighted by atomic mass is 10.0. The molecule has 3 heteroatoms. The Bertz CT molecular complexity index is 421. The Balaban J connectivity index is 2.35. The van der Waals surface area contributed by atoms with Crippen molar-refractivity contribution in [2.24, 2.45) is 5.73 Å². The van der Waals surface area contributed by atoms with E-state index in [4.69, 9.17) is 5.73 Å². The molecule has 1 aromatic rings. The number of fused-ring (bicyclic) bond motifs is 1. The molecule has 0 heterocycles. The van der Waals surface area contributed by atoms with Crippen LogP contribution in [-0.4, -0.2) is 11.0 Å². The van der Waals surface area contributed by atoms with Crippen molar-refractivity contribution in [1.29, 1.82) is 0 Å². The molecule has 0 atom stereocenters. The number of carbonyl (C=O) groups is 1. The zero-order valence-corrected chi connectivity index (χ0v) is 7.66. The maximum absolute atomic E-state index is 10.8. The second-order valence-electron chi connectivity index (χ2n) is 3.42. The number of phenolic OH excluding ortho intramolecular Hbond substituents is 1. The Morgan fingerprint density at radius 2 is 2.29 bits per heavy atom. The Morgan fingerprint density at radius 3 is 3.00 bits per heavy atom. The van der Waals surface area contributed by atoms with Crippen molar-refractivity contribution in [2.45, 2.75) is 12.8 Å². The number of aromatic hydroxyl groups is 1. The van der Waals surface area contributed by atoms with Crippen LogP contribution in [0.25, 0.3) is 5.57 Å². The summed E-state index contributed by atoms with van der Waals surface area (Å²) < 4.78 is 0. The highest BCUT2D eigenvalue weighted by Gasteiger charge is 2.15. The highest BCUT2D eigenvalue weighted by molar-refractivity contribution is 5.89. The van der Waals surface area contributed by atoms with Gasteiger partial charge in [-0.15, -0.1) is 0 Å². The summed E-state index contributed by atoms with van der Waals surface area (Å²) >= 11 is 0. The van der Waals surface area contributed by atoms with Crippen molar-refractivity contribution in [3.63, 3.8) is 0 Å². The highest BCUT2D eigenvalue weighted by atomic mass is 16.3. The van der Waals surface area contributed by atoms with Gasteiger partial charge >= 0.3 is 0 Å². The molecule has 14 heavy (non-hydrogen) atoms. The molecule has 2 rings (SSSR count). The molecule has 0 unspecified atom stereocenters. The van der Waals surface area contributed by atoms with Crippen LogP contribution in [0, 0.1) is 0 Å². The predicted octanol–water partition coefficient (Wildman–Crippen LogP) is 1.21. The van der Waals surface area contributed by atoms with Gasteiger partial charge in [-0.05, 0) is 35.3 Å². The van der Waals surface area contributed by atoms with Crippen molar-refractivity contribution in [1.82, 2.24) is 0 Å². The minimum absolute atomic E-state index is 0.223. The Labute approximate surface area is 81.9 Å². The summed E-state index contributed by atoms with van der Waals surface area (Å²) in [6.45, 7) is 0. The summed E-state index contributed by atoms with van der Waals surface area (Å²) in [5.74, 6) is -0.117. The molecular weight excluding hydrogens is 178 g/mol. The molecule has 1 aliphatic carbocycles. The zero-order valence-electron chi connectivity index (χ0n) is 7.66. The van der Waals surface area contributed by atoms with E-state index in [9.17, 15) is 9.90 Å². The highest BCUT2D eigenvalue weighted by Crippen LogP contribution is 2.31. The standard InChI is InChI=1S/C11H11NO2/c12-11(14)5-8-2-1-7-3-4-9(13)6-10(7)8/h2-4,6,13H,1,5H2,(H2,12,14). The molecule has 1 aliphatic rings. The van der Waals surface area contributed by atoms with Crippen LogP contribution in [0.15, 0.2) is 24.3 Å². The first kappa shape index (κ1) is 8.81. The van der Waals surface area contributed by atoms with Gasteiger partial charge < -0.3 is 10.8 Å². The molecule has 3 N–H and O–H groups in total. The second-order valence-corrected chi connectivity index (χ2v) is 3.42. The van der Waals surface area contributed by atoms with E-state index in [0.717, 1.165) is 23.1 Å². The molecule has 72 valence electrons. The second kappa shape index (κ2) is 3.18. The number of amides is 1. The number of allylic oxidation sites excluding steroid dienone is 1. The molecule has 0 bridgehead atoms. The van der Waals surface area contributed by atoms with Crippen LogP contribution < -0.4 is 5.73 Å². The van der Waals surface area contributed by atoms with Crippen molar-refractivity contribution < 1.29 is 9.90 Å². The average Bonchev–Trinajstić information content (AvgIpc) is 2.47. The van der Waals surface area contributed by atoms with E-state index in [1.165, 1.54) is 0 Å². The fraction of sp³-hybridized carbons (Fsp3) is 0.182. The summed E-state index contributed by atoms with van der Waals surface area (Å²) in [7, 11) is 0. The van der Waals surface area contributed by atoms with Crippen molar-refractivity contribution >= 4 is 11.5 Å². The number of benzene rings is 1. The summed E-state index contributed by atoms with van der Waals surface area (Å²) in [4.78, 5) is 10.8. The minimum Gasteiger partial charge on any atom is -0.508 e. The summed E-state index contributed by atoms with van der Waals surface area (Å²) in [6.07, 6.45) is 3.05. The van der Waals surface area contributed by atoms with Crippen LogP contribution in [0.4, 0.5) is 0 Å². The van der Waals surface area contributed by atoms with Crippen LogP contribution in [0.5, 0.6) is 5.75 Å². The molecule has 3 nitrogen and oxygen atoms in total. The van der Waals surface area contributed by atoms with Crippen LogP contribution in [0.3, 0.4) is 0 Å². The monoisotopic (exact) mass is 189 g/mol. The van der Waals surface area contributed by atoms with E-state index in [1.54, 1.807) is 12.1 Å². The minimum atomic E-state index is -0.340. The summed E-state index contributed by atoms with van der Waals surface area (Å²) in [5.41, 5.74) is 8.13. The van der Waals surface area contributed by atoms with E-state index >= 15 is 0 Å². The van der Waals surface area contributed by atoms with Crippen LogP contribution >= 0.6 is 0 Å². The molecule has 0 aromatic heterocycles. The third-order valence-electron chi connectivity index (χ3n) is 2.37. The zero-order chi connectivity index (χ0) is 10.1. The number of phenols is 1. The van der Waals surface area contributed by atoms with Crippen LogP contribution in [0.1, 0.15) is 17.5 Å². The van der Waals surface area contributed by atoms with Gasteiger partial charge in [-0.1, -0.05) is 12.1 Å². The van der Waals surface area contributed by atoms with E-state index in [0.29, 0.717) is 0 Å². The first-order valence-corrected chi connectivity index (χ1v) is 4.46. The summed E-state index contributed by atoms with van der Waals surface area (Å²) in [6, 6.07) is 5.20. The van der Waals surface area contributed by atoms with E-state index < -0.39 is 0 Å². The number of carbonyl (C=O) groups excluding carboxylic acids is 1. The SMILES string of the molecule is NC(=O)CC1=CCc2ccc(O)cc21.